The van der Waals surface area contributed by atoms with E-state index in [2.05, 4.69) is 26.1 Å². The Balaban J connectivity index is 2.18. The molecule has 0 aliphatic heterocycles. The van der Waals surface area contributed by atoms with Crippen molar-refractivity contribution in [2.24, 2.45) is 5.92 Å². The van der Waals surface area contributed by atoms with Crippen LogP contribution in [0.15, 0.2) is 0 Å². The van der Waals surface area contributed by atoms with Crippen molar-refractivity contribution >= 4 is 0 Å². The van der Waals surface area contributed by atoms with Gasteiger partial charge in [-0.15, -0.1) is 0 Å². The van der Waals surface area contributed by atoms with Gasteiger partial charge in [0.15, 0.2) is 0 Å². The largest absolute Gasteiger partial charge is 0.389 e. The van der Waals surface area contributed by atoms with Gasteiger partial charge in [-0.05, 0) is 32.6 Å². The highest BCUT2D eigenvalue weighted by molar-refractivity contribution is 4.79. The summed E-state index contributed by atoms with van der Waals surface area (Å²) in [7, 11) is 1.69. The Kier molecular flexibility index (Phi) is 7.29. The van der Waals surface area contributed by atoms with Gasteiger partial charge in [-0.3, -0.25) is 0 Å². The number of rotatable bonds is 8. The van der Waals surface area contributed by atoms with E-state index in [0.717, 1.165) is 6.42 Å². The van der Waals surface area contributed by atoms with Crippen LogP contribution in [0, 0.1) is 5.92 Å². The molecular weight excluding hydrogens is 242 g/mol. The first kappa shape index (κ1) is 16.9. The zero-order chi connectivity index (χ0) is 14.3. The summed E-state index contributed by atoms with van der Waals surface area (Å²) in [6, 6.07) is 0. The van der Waals surface area contributed by atoms with Gasteiger partial charge < -0.3 is 19.9 Å². The molecule has 0 aromatic heterocycles. The van der Waals surface area contributed by atoms with Gasteiger partial charge >= 0.3 is 0 Å². The van der Waals surface area contributed by atoms with Crippen LogP contribution in [-0.4, -0.2) is 49.7 Å². The first-order valence-electron chi connectivity index (χ1n) is 7.48. The number of methoxy groups -OCH3 is 1. The second kappa shape index (κ2) is 8.20. The van der Waals surface area contributed by atoms with Crippen molar-refractivity contribution < 1.29 is 14.6 Å². The quantitative estimate of drug-likeness (QED) is 0.710. The van der Waals surface area contributed by atoms with Crippen molar-refractivity contribution in [3.05, 3.63) is 0 Å². The molecule has 0 spiro atoms. The normalized spacial score (nSPS) is 26.4. The summed E-state index contributed by atoms with van der Waals surface area (Å²) >= 11 is 0. The lowest BCUT2D eigenvalue weighted by Crippen LogP contribution is -2.47. The topological polar surface area (TPSA) is 50.7 Å². The predicted molar refractivity (Wildman–Crippen MR) is 77.3 cm³/mol. The van der Waals surface area contributed by atoms with Gasteiger partial charge in [0.25, 0.3) is 0 Å². The van der Waals surface area contributed by atoms with E-state index in [1.807, 2.05) is 0 Å². The second-order valence-electron chi connectivity index (χ2n) is 6.49. The van der Waals surface area contributed by atoms with Crippen LogP contribution in [0.1, 0.15) is 46.5 Å². The minimum atomic E-state index is -0.453. The second-order valence-corrected chi connectivity index (χ2v) is 6.49. The average Bonchev–Trinajstić information content (AvgIpc) is 2.35. The third-order valence-electron chi connectivity index (χ3n) is 3.86. The highest BCUT2D eigenvalue weighted by Gasteiger charge is 2.23. The summed E-state index contributed by atoms with van der Waals surface area (Å²) < 4.78 is 11.0. The van der Waals surface area contributed by atoms with Crippen LogP contribution in [0.4, 0.5) is 0 Å². The van der Waals surface area contributed by atoms with Gasteiger partial charge in [0.05, 0.1) is 25.4 Å². The Labute approximate surface area is 117 Å². The van der Waals surface area contributed by atoms with Crippen molar-refractivity contribution in [3.8, 4) is 0 Å². The minimum Gasteiger partial charge on any atom is -0.389 e. The predicted octanol–water partition coefficient (Wildman–Crippen LogP) is 1.96. The lowest BCUT2D eigenvalue weighted by Gasteiger charge is -2.30. The molecule has 4 heteroatoms. The molecule has 4 nitrogen and oxygen atoms in total. The van der Waals surface area contributed by atoms with E-state index < -0.39 is 6.10 Å². The number of aliphatic hydroxyl groups excluding tert-OH is 1. The van der Waals surface area contributed by atoms with E-state index in [0.29, 0.717) is 31.8 Å². The van der Waals surface area contributed by atoms with E-state index >= 15 is 0 Å². The van der Waals surface area contributed by atoms with Gasteiger partial charge in [0.1, 0.15) is 0 Å². The molecule has 1 saturated carbocycles. The molecule has 3 unspecified atom stereocenters. The Morgan fingerprint density at radius 2 is 2.00 bits per heavy atom. The Morgan fingerprint density at radius 1 is 1.32 bits per heavy atom. The summed E-state index contributed by atoms with van der Waals surface area (Å²) in [4.78, 5) is 0. The smallest absolute Gasteiger partial charge is 0.0898 e. The lowest BCUT2D eigenvalue weighted by molar-refractivity contribution is -0.0470. The highest BCUT2D eigenvalue weighted by atomic mass is 16.5. The molecule has 19 heavy (non-hydrogen) atoms. The molecular formula is C15H31NO3. The highest BCUT2D eigenvalue weighted by Crippen LogP contribution is 2.26. The van der Waals surface area contributed by atoms with E-state index in [1.54, 1.807) is 7.11 Å². The van der Waals surface area contributed by atoms with Crippen LogP contribution in [0.25, 0.3) is 0 Å². The van der Waals surface area contributed by atoms with E-state index in [9.17, 15) is 5.11 Å². The maximum Gasteiger partial charge on any atom is 0.0898 e. The third kappa shape index (κ3) is 6.70. The summed E-state index contributed by atoms with van der Waals surface area (Å²) in [5, 5.41) is 13.3. The Hall–Kier alpha value is -0.160. The van der Waals surface area contributed by atoms with Crippen molar-refractivity contribution in [1.82, 2.24) is 5.32 Å². The fourth-order valence-electron chi connectivity index (χ4n) is 2.63. The molecule has 0 aromatic carbocycles. The van der Waals surface area contributed by atoms with Crippen LogP contribution < -0.4 is 5.32 Å². The molecule has 0 radical (unpaired) electrons. The fourth-order valence-corrected chi connectivity index (χ4v) is 2.63. The molecule has 1 aliphatic carbocycles. The van der Waals surface area contributed by atoms with Crippen LogP contribution in [0.2, 0.25) is 0 Å². The maximum absolute atomic E-state index is 9.97. The molecule has 0 aromatic rings. The summed E-state index contributed by atoms with van der Waals surface area (Å²) in [5.74, 6) is 0.624. The fraction of sp³-hybridized carbons (Fsp3) is 1.00. The summed E-state index contributed by atoms with van der Waals surface area (Å²) in [5.41, 5.74) is -0.117. The van der Waals surface area contributed by atoms with E-state index in [-0.39, 0.29) is 5.54 Å². The van der Waals surface area contributed by atoms with E-state index in [4.69, 9.17) is 9.47 Å². The first-order valence-corrected chi connectivity index (χ1v) is 7.48. The SMILES string of the molecule is COCC(C)(C)NCC(O)COC1CCCCC1C. The minimum absolute atomic E-state index is 0.117. The number of β-amino-alcohol motifs (C(OH)–C–C–N with tert-alkyl or cyclic N) is 1. The van der Waals surface area contributed by atoms with Gasteiger partial charge in [0, 0.05) is 19.2 Å². The number of aliphatic hydroxyl groups is 1. The maximum atomic E-state index is 9.97. The molecule has 2 N–H and O–H groups in total. The standard InChI is InChI=1S/C15H31NO3/c1-12-7-5-6-8-14(12)19-10-13(17)9-16-15(2,3)11-18-4/h12-14,16-17H,5-11H2,1-4H3. The number of ether oxygens (including phenoxy) is 2. The van der Waals surface area contributed by atoms with Crippen LogP contribution in [0.3, 0.4) is 0 Å². The summed E-state index contributed by atoms with van der Waals surface area (Å²) in [6.07, 6.45) is 4.83. The molecule has 1 aliphatic rings. The zero-order valence-corrected chi connectivity index (χ0v) is 12.9. The van der Waals surface area contributed by atoms with Gasteiger partial charge in [-0.25, -0.2) is 0 Å². The molecule has 0 saturated heterocycles. The van der Waals surface area contributed by atoms with Crippen molar-refractivity contribution in [1.29, 1.82) is 0 Å². The number of nitrogens with one attached hydrogen (secondary N) is 1. The lowest BCUT2D eigenvalue weighted by atomic mass is 9.88. The monoisotopic (exact) mass is 273 g/mol. The van der Waals surface area contributed by atoms with Crippen molar-refractivity contribution in [2.45, 2.75) is 64.2 Å². The molecule has 0 heterocycles. The van der Waals surface area contributed by atoms with Crippen molar-refractivity contribution in [3.63, 3.8) is 0 Å². The molecule has 1 rings (SSSR count). The molecule has 0 bridgehead atoms. The van der Waals surface area contributed by atoms with Crippen LogP contribution in [-0.2, 0) is 9.47 Å². The van der Waals surface area contributed by atoms with Gasteiger partial charge in [-0.1, -0.05) is 19.8 Å². The Bertz CT molecular complexity index is 246. The Morgan fingerprint density at radius 3 is 2.63 bits per heavy atom. The summed E-state index contributed by atoms with van der Waals surface area (Å²) in [6.45, 7) is 7.96. The van der Waals surface area contributed by atoms with Crippen LogP contribution >= 0.6 is 0 Å². The average molecular weight is 273 g/mol. The first-order chi connectivity index (χ1) is 8.94. The number of hydrogen-bond acceptors (Lipinski definition) is 4. The van der Waals surface area contributed by atoms with Crippen molar-refractivity contribution in [2.75, 3.05) is 26.9 Å². The third-order valence-corrected chi connectivity index (χ3v) is 3.86. The molecule has 3 atom stereocenters. The van der Waals surface area contributed by atoms with E-state index in [1.165, 1.54) is 19.3 Å². The van der Waals surface area contributed by atoms with Crippen LogP contribution in [0.5, 0.6) is 0 Å². The number of hydrogen-bond donors (Lipinski definition) is 2. The van der Waals surface area contributed by atoms with Gasteiger partial charge in [-0.2, -0.15) is 0 Å². The van der Waals surface area contributed by atoms with Gasteiger partial charge in [0.2, 0.25) is 0 Å². The molecule has 1 fully saturated rings. The molecule has 0 amide bonds. The molecule has 114 valence electrons. The zero-order valence-electron chi connectivity index (χ0n) is 12.9.